The number of hydrogen-bond donors (Lipinski definition) is 2. The summed E-state index contributed by atoms with van der Waals surface area (Å²) >= 11 is 0. The van der Waals surface area contributed by atoms with Crippen LogP contribution in [0.25, 0.3) is 0 Å². The number of amides is 3. The number of carbonyl (C=O) groups excluding carboxylic acids is 3. The summed E-state index contributed by atoms with van der Waals surface area (Å²) < 4.78 is 5.36. The molecule has 3 amide bonds. The first-order chi connectivity index (χ1) is 16.3. The number of nitrogens with one attached hydrogen (secondary N) is 2. The van der Waals surface area contributed by atoms with Gasteiger partial charge in [-0.1, -0.05) is 63.8 Å². The molecule has 0 saturated heterocycles. The average Bonchev–Trinajstić information content (AvgIpc) is 2.73. The van der Waals surface area contributed by atoms with E-state index >= 15 is 0 Å². The summed E-state index contributed by atoms with van der Waals surface area (Å²) in [6, 6.07) is 6.14. The predicted molar refractivity (Wildman–Crippen MR) is 139 cm³/mol. The lowest BCUT2D eigenvalue weighted by molar-refractivity contribution is -0.138. The maximum Gasteiger partial charge on any atom is 0.408 e. The van der Waals surface area contributed by atoms with Crippen molar-refractivity contribution in [2.45, 2.75) is 98.8 Å². The Balaban J connectivity index is 3.36. The van der Waals surface area contributed by atoms with Gasteiger partial charge in [-0.2, -0.15) is 0 Å². The summed E-state index contributed by atoms with van der Waals surface area (Å²) in [6.07, 6.45) is 8.32. The molecule has 0 aliphatic rings. The fourth-order valence-corrected chi connectivity index (χ4v) is 3.79. The Hall–Kier alpha value is -3.01. The predicted octanol–water partition coefficient (Wildman–Crippen LogP) is 5.01. The minimum Gasteiger partial charge on any atom is -0.444 e. The third-order valence-corrected chi connectivity index (χ3v) is 5.38. The van der Waals surface area contributed by atoms with Crippen molar-refractivity contribution in [1.82, 2.24) is 15.5 Å². The quantitative estimate of drug-likeness (QED) is 0.262. The minimum absolute atomic E-state index is 0.0842. The molecule has 0 aliphatic carbocycles. The van der Waals surface area contributed by atoms with Gasteiger partial charge in [0, 0.05) is 12.6 Å². The zero-order chi connectivity index (χ0) is 26.8. The summed E-state index contributed by atoms with van der Waals surface area (Å²) in [5.41, 5.74) is 1.82. The van der Waals surface area contributed by atoms with Crippen molar-refractivity contribution >= 4 is 17.9 Å². The number of benzene rings is 1. The fourth-order valence-electron chi connectivity index (χ4n) is 3.79. The molecule has 2 unspecified atom stereocenters. The third-order valence-electron chi connectivity index (χ3n) is 5.38. The molecular weight excluding hydrogens is 442 g/mol. The van der Waals surface area contributed by atoms with E-state index in [9.17, 15) is 14.4 Å². The Morgan fingerprint density at radius 2 is 1.80 bits per heavy atom. The van der Waals surface area contributed by atoms with Gasteiger partial charge >= 0.3 is 6.09 Å². The average molecular weight is 486 g/mol. The molecule has 2 atom stereocenters. The van der Waals surface area contributed by atoms with E-state index in [0.29, 0.717) is 18.5 Å². The lowest BCUT2D eigenvalue weighted by Crippen LogP contribution is -2.52. The van der Waals surface area contributed by atoms with Gasteiger partial charge in [-0.15, -0.1) is 0 Å². The lowest BCUT2D eigenvalue weighted by Gasteiger charge is -2.31. The number of nitrogens with zero attached hydrogens (tertiary/aromatic N) is 1. The van der Waals surface area contributed by atoms with Crippen molar-refractivity contribution in [2.75, 3.05) is 6.54 Å². The highest BCUT2D eigenvalue weighted by Gasteiger charge is 2.36. The van der Waals surface area contributed by atoms with Gasteiger partial charge in [-0.25, -0.2) is 4.79 Å². The van der Waals surface area contributed by atoms with Crippen LogP contribution in [0.3, 0.4) is 0 Å². The Morgan fingerprint density at radius 3 is 2.31 bits per heavy atom. The van der Waals surface area contributed by atoms with E-state index in [1.165, 1.54) is 0 Å². The lowest BCUT2D eigenvalue weighted by atomic mass is 9.95. The zero-order valence-electron chi connectivity index (χ0n) is 22.7. The minimum atomic E-state index is -1.02. The standard InChI is InChI=1S/C28H43N3O4/c1-10-12-13-16-29-25(32)24(22-15-14-20(5)18-21(22)6)31(11-2)26(33)23(17-19(3)4)30-27(34)35-28(7,8)9/h2,14-15,18-19,23-24H,10,12-13,16-17H2,1,3-9H3,(H,29,32)(H,30,34). The van der Waals surface area contributed by atoms with Gasteiger partial charge in [-0.3, -0.25) is 14.5 Å². The van der Waals surface area contributed by atoms with Crippen LogP contribution in [-0.2, 0) is 14.3 Å². The molecule has 194 valence electrons. The van der Waals surface area contributed by atoms with Gasteiger partial charge < -0.3 is 15.4 Å². The third kappa shape index (κ3) is 10.0. The molecule has 2 N–H and O–H groups in total. The Kier molecular flexibility index (Phi) is 11.8. The van der Waals surface area contributed by atoms with Crippen LogP contribution in [-0.4, -0.2) is 41.0 Å². The number of rotatable bonds is 11. The summed E-state index contributed by atoms with van der Waals surface area (Å²) in [5, 5.41) is 5.61. The number of carbonyl (C=O) groups is 3. The van der Waals surface area contributed by atoms with Gasteiger partial charge in [-0.05, 0) is 64.5 Å². The molecule has 0 radical (unpaired) electrons. The summed E-state index contributed by atoms with van der Waals surface area (Å²) in [5.74, 6) is -0.790. The van der Waals surface area contributed by atoms with Gasteiger partial charge in [0.2, 0.25) is 5.91 Å². The molecular formula is C28H43N3O4. The van der Waals surface area contributed by atoms with Crippen LogP contribution in [0.4, 0.5) is 4.79 Å². The van der Waals surface area contributed by atoms with Crippen LogP contribution in [0.2, 0.25) is 0 Å². The molecule has 0 fully saturated rings. The number of ether oxygens (including phenoxy) is 1. The normalized spacial score (nSPS) is 12.9. The maximum absolute atomic E-state index is 13.7. The van der Waals surface area contributed by atoms with Crippen molar-refractivity contribution in [3.8, 4) is 12.5 Å². The Bertz CT molecular complexity index is 912. The fraction of sp³-hybridized carbons (Fsp3) is 0.607. The molecule has 0 aliphatic heterocycles. The van der Waals surface area contributed by atoms with Crippen molar-refractivity contribution in [3.63, 3.8) is 0 Å². The van der Waals surface area contributed by atoms with Crippen molar-refractivity contribution in [2.24, 2.45) is 5.92 Å². The zero-order valence-corrected chi connectivity index (χ0v) is 22.7. The molecule has 1 aromatic rings. The first-order valence-electron chi connectivity index (χ1n) is 12.4. The van der Waals surface area contributed by atoms with Crippen LogP contribution >= 0.6 is 0 Å². The second-order valence-corrected chi connectivity index (χ2v) is 10.4. The Morgan fingerprint density at radius 1 is 1.14 bits per heavy atom. The first kappa shape index (κ1) is 30.0. The Labute approximate surface area is 211 Å². The molecule has 0 spiro atoms. The van der Waals surface area contributed by atoms with E-state index in [4.69, 9.17) is 11.2 Å². The molecule has 7 nitrogen and oxygen atoms in total. The summed E-state index contributed by atoms with van der Waals surface area (Å²) in [4.78, 5) is 40.7. The molecule has 0 aromatic heterocycles. The van der Waals surface area contributed by atoms with E-state index in [2.05, 4.69) is 23.6 Å². The molecule has 7 heteroatoms. The monoisotopic (exact) mass is 485 g/mol. The topological polar surface area (TPSA) is 87.7 Å². The van der Waals surface area contributed by atoms with Gasteiger partial charge in [0.1, 0.15) is 17.7 Å². The highest BCUT2D eigenvalue weighted by atomic mass is 16.6. The van der Waals surface area contributed by atoms with E-state index in [1.54, 1.807) is 20.8 Å². The van der Waals surface area contributed by atoms with Gasteiger partial charge in [0.15, 0.2) is 0 Å². The highest BCUT2D eigenvalue weighted by Crippen LogP contribution is 2.26. The van der Waals surface area contributed by atoms with Crippen LogP contribution < -0.4 is 10.6 Å². The van der Waals surface area contributed by atoms with Crippen molar-refractivity contribution < 1.29 is 19.1 Å². The number of aryl methyl sites for hydroxylation is 2. The second-order valence-electron chi connectivity index (χ2n) is 10.4. The van der Waals surface area contributed by atoms with Gasteiger partial charge in [0.05, 0.1) is 0 Å². The second kappa shape index (κ2) is 13.8. The molecule has 1 aromatic carbocycles. The largest absolute Gasteiger partial charge is 0.444 e. The van der Waals surface area contributed by atoms with Crippen LogP contribution in [0.5, 0.6) is 0 Å². The van der Waals surface area contributed by atoms with E-state index in [1.807, 2.05) is 45.9 Å². The van der Waals surface area contributed by atoms with E-state index in [-0.39, 0.29) is 11.8 Å². The van der Waals surface area contributed by atoms with Crippen LogP contribution in [0.15, 0.2) is 18.2 Å². The first-order valence-corrected chi connectivity index (χ1v) is 12.4. The smallest absolute Gasteiger partial charge is 0.408 e. The SMILES string of the molecule is C#CN(C(=O)C(CC(C)C)NC(=O)OC(C)(C)C)C(C(=O)NCCCCC)c1ccc(C)cc1C. The van der Waals surface area contributed by atoms with E-state index < -0.39 is 29.7 Å². The molecule has 0 heterocycles. The van der Waals surface area contributed by atoms with Gasteiger partial charge in [0.25, 0.3) is 5.91 Å². The summed E-state index contributed by atoms with van der Waals surface area (Å²) in [7, 11) is 0. The highest BCUT2D eigenvalue weighted by molar-refractivity contribution is 5.93. The molecule has 1 rings (SSSR count). The maximum atomic E-state index is 13.7. The van der Waals surface area contributed by atoms with Crippen molar-refractivity contribution in [3.05, 3.63) is 34.9 Å². The van der Waals surface area contributed by atoms with Crippen LogP contribution in [0, 0.1) is 32.2 Å². The van der Waals surface area contributed by atoms with Crippen molar-refractivity contribution in [1.29, 1.82) is 0 Å². The number of terminal acetylenes is 1. The number of alkyl carbamates (subject to hydrolysis) is 1. The number of unbranched alkanes of at least 4 members (excludes halogenated alkanes) is 2. The summed E-state index contributed by atoms with van der Waals surface area (Å²) in [6.45, 7) is 15.6. The van der Waals surface area contributed by atoms with E-state index in [0.717, 1.165) is 35.3 Å². The van der Waals surface area contributed by atoms with Crippen LogP contribution in [0.1, 0.15) is 90.0 Å². The molecule has 35 heavy (non-hydrogen) atoms. The number of hydrogen-bond acceptors (Lipinski definition) is 4. The molecule has 0 saturated carbocycles. The molecule has 0 bridgehead atoms.